The van der Waals surface area contributed by atoms with E-state index >= 15 is 0 Å². The Hall–Kier alpha value is -1.10. The van der Waals surface area contributed by atoms with Gasteiger partial charge in [-0.05, 0) is 18.2 Å². The van der Waals surface area contributed by atoms with Crippen LogP contribution in [-0.2, 0) is 0 Å². The van der Waals surface area contributed by atoms with Gasteiger partial charge in [0, 0.05) is 18.0 Å². The summed E-state index contributed by atoms with van der Waals surface area (Å²) in [6, 6.07) is 1.44. The molecule has 78 valence electrons. The summed E-state index contributed by atoms with van der Waals surface area (Å²) in [6.45, 7) is 0. The van der Waals surface area contributed by atoms with Crippen LogP contribution in [0.4, 0.5) is 17.6 Å². The highest BCUT2D eigenvalue weighted by atomic mass is 19.3. The lowest BCUT2D eigenvalue weighted by molar-refractivity contribution is 0.128. The van der Waals surface area contributed by atoms with E-state index in [0.717, 1.165) is 18.2 Å². The zero-order chi connectivity index (χ0) is 10.7. The van der Waals surface area contributed by atoms with E-state index in [9.17, 15) is 17.6 Å². The molecule has 0 saturated heterocycles. The predicted octanol–water partition coefficient (Wildman–Crippen LogP) is 2.62. The Bertz CT molecular complexity index is 314. The van der Waals surface area contributed by atoms with Gasteiger partial charge in [-0.2, -0.15) is 0 Å². The summed E-state index contributed by atoms with van der Waals surface area (Å²) in [5.41, 5.74) is 5.06. The molecule has 1 aromatic rings. The molecule has 0 aliphatic heterocycles. The van der Waals surface area contributed by atoms with Gasteiger partial charge in [-0.15, -0.1) is 0 Å². The van der Waals surface area contributed by atoms with E-state index in [2.05, 4.69) is 0 Å². The number of hydrogen-bond acceptors (Lipinski definition) is 1. The van der Waals surface area contributed by atoms with Crippen molar-refractivity contribution in [3.05, 3.63) is 35.4 Å². The summed E-state index contributed by atoms with van der Waals surface area (Å²) in [6.07, 6.45) is -3.31. The van der Waals surface area contributed by atoms with Crippen molar-refractivity contribution in [2.75, 3.05) is 0 Å². The molecule has 0 heterocycles. The van der Waals surface area contributed by atoms with Gasteiger partial charge in [0.15, 0.2) is 0 Å². The fourth-order valence-electron chi connectivity index (χ4n) is 1.12. The van der Waals surface area contributed by atoms with Crippen LogP contribution in [-0.4, -0.2) is 6.43 Å². The van der Waals surface area contributed by atoms with Crippen molar-refractivity contribution in [2.24, 2.45) is 5.73 Å². The molecule has 0 spiro atoms. The number of rotatable bonds is 3. The first kappa shape index (κ1) is 11.0. The Morgan fingerprint density at radius 1 is 1.21 bits per heavy atom. The molecule has 2 N–H and O–H groups in total. The van der Waals surface area contributed by atoms with Gasteiger partial charge < -0.3 is 5.73 Å². The summed E-state index contributed by atoms with van der Waals surface area (Å²) in [5, 5.41) is 0. The Balaban J connectivity index is 2.88. The molecule has 1 rings (SSSR count). The van der Waals surface area contributed by atoms with Gasteiger partial charge in [0.1, 0.15) is 11.6 Å². The normalized spacial score (nSPS) is 13.3. The summed E-state index contributed by atoms with van der Waals surface area (Å²) in [7, 11) is 0. The maximum absolute atomic E-state index is 13.0. The molecule has 0 unspecified atom stereocenters. The highest BCUT2D eigenvalue weighted by Gasteiger charge is 2.16. The van der Waals surface area contributed by atoms with E-state index in [0.29, 0.717) is 0 Å². The second-order valence-corrected chi connectivity index (χ2v) is 2.90. The monoisotopic (exact) mass is 207 g/mol. The highest BCUT2D eigenvalue weighted by molar-refractivity contribution is 5.21. The minimum Gasteiger partial charge on any atom is -0.324 e. The fraction of sp³-hybridized carbons (Fsp3) is 0.333. The topological polar surface area (TPSA) is 26.0 Å². The summed E-state index contributed by atoms with van der Waals surface area (Å²) in [5.74, 6) is -1.45. The van der Waals surface area contributed by atoms with Crippen molar-refractivity contribution in [1.29, 1.82) is 0 Å². The number of alkyl halides is 2. The van der Waals surface area contributed by atoms with Crippen LogP contribution in [0.2, 0.25) is 0 Å². The number of hydrogen-bond donors (Lipinski definition) is 1. The average Bonchev–Trinajstić information content (AvgIpc) is 2.08. The minimum absolute atomic E-state index is 0.217. The molecule has 0 aliphatic rings. The average molecular weight is 207 g/mol. The Labute approximate surface area is 78.5 Å². The van der Waals surface area contributed by atoms with Crippen molar-refractivity contribution in [3.63, 3.8) is 0 Å². The van der Waals surface area contributed by atoms with E-state index in [-0.39, 0.29) is 5.56 Å². The summed E-state index contributed by atoms with van der Waals surface area (Å²) < 4.78 is 49.4. The molecule has 0 saturated carbocycles. The van der Waals surface area contributed by atoms with Crippen LogP contribution in [0.15, 0.2) is 18.2 Å². The van der Waals surface area contributed by atoms with Crippen molar-refractivity contribution in [1.82, 2.24) is 0 Å². The maximum atomic E-state index is 13.0. The van der Waals surface area contributed by atoms with Gasteiger partial charge in [-0.1, -0.05) is 0 Å². The molecule has 0 amide bonds. The van der Waals surface area contributed by atoms with Crippen molar-refractivity contribution >= 4 is 0 Å². The Morgan fingerprint density at radius 2 is 1.86 bits per heavy atom. The number of nitrogens with two attached hydrogens (primary N) is 1. The smallest absolute Gasteiger partial charge is 0.240 e. The maximum Gasteiger partial charge on any atom is 0.240 e. The quantitative estimate of drug-likeness (QED) is 0.757. The third kappa shape index (κ3) is 2.70. The molecular weight excluding hydrogens is 198 g/mol. The van der Waals surface area contributed by atoms with E-state index in [1.165, 1.54) is 0 Å². The number of benzene rings is 1. The molecule has 5 heteroatoms. The fourth-order valence-corrected chi connectivity index (χ4v) is 1.12. The summed E-state index contributed by atoms with van der Waals surface area (Å²) >= 11 is 0. The molecule has 14 heavy (non-hydrogen) atoms. The lowest BCUT2D eigenvalue weighted by Crippen LogP contribution is -2.15. The number of halogens is 4. The molecule has 0 fully saturated rings. The first-order valence-electron chi connectivity index (χ1n) is 3.99. The third-order valence-corrected chi connectivity index (χ3v) is 1.79. The van der Waals surface area contributed by atoms with E-state index < -0.39 is 30.5 Å². The molecule has 0 radical (unpaired) electrons. The molecular formula is C9H9F4N. The zero-order valence-electron chi connectivity index (χ0n) is 7.18. The largest absolute Gasteiger partial charge is 0.324 e. The first-order valence-corrected chi connectivity index (χ1v) is 3.99. The Morgan fingerprint density at radius 3 is 2.43 bits per heavy atom. The van der Waals surface area contributed by atoms with E-state index in [1.54, 1.807) is 0 Å². The highest BCUT2D eigenvalue weighted by Crippen LogP contribution is 2.21. The summed E-state index contributed by atoms with van der Waals surface area (Å²) in [4.78, 5) is 0. The van der Waals surface area contributed by atoms with Gasteiger partial charge in [0.2, 0.25) is 6.43 Å². The molecule has 1 aromatic carbocycles. The van der Waals surface area contributed by atoms with Crippen LogP contribution in [0.5, 0.6) is 0 Å². The first-order chi connectivity index (χ1) is 6.50. The van der Waals surface area contributed by atoms with Crippen LogP contribution >= 0.6 is 0 Å². The molecule has 1 nitrogen and oxygen atoms in total. The van der Waals surface area contributed by atoms with Crippen LogP contribution in [0.3, 0.4) is 0 Å². The van der Waals surface area contributed by atoms with Crippen LogP contribution < -0.4 is 5.73 Å². The predicted molar refractivity (Wildman–Crippen MR) is 43.9 cm³/mol. The van der Waals surface area contributed by atoms with Crippen LogP contribution in [0.1, 0.15) is 18.0 Å². The molecule has 0 aromatic heterocycles. The van der Waals surface area contributed by atoms with Gasteiger partial charge in [-0.25, -0.2) is 17.6 Å². The van der Waals surface area contributed by atoms with Crippen molar-refractivity contribution in [3.8, 4) is 0 Å². The lowest BCUT2D eigenvalue weighted by Gasteiger charge is -2.12. The second-order valence-electron chi connectivity index (χ2n) is 2.90. The van der Waals surface area contributed by atoms with Crippen molar-refractivity contribution < 1.29 is 17.6 Å². The van der Waals surface area contributed by atoms with Gasteiger partial charge >= 0.3 is 0 Å². The van der Waals surface area contributed by atoms with E-state index in [4.69, 9.17) is 5.73 Å². The van der Waals surface area contributed by atoms with Crippen LogP contribution in [0, 0.1) is 11.6 Å². The third-order valence-electron chi connectivity index (χ3n) is 1.79. The lowest BCUT2D eigenvalue weighted by atomic mass is 10.0. The molecule has 1 atom stereocenters. The zero-order valence-corrected chi connectivity index (χ0v) is 7.18. The van der Waals surface area contributed by atoms with Gasteiger partial charge in [0.25, 0.3) is 0 Å². The van der Waals surface area contributed by atoms with Crippen LogP contribution in [0.25, 0.3) is 0 Å². The Kier molecular flexibility index (Phi) is 3.46. The van der Waals surface area contributed by atoms with Crippen molar-refractivity contribution in [2.45, 2.75) is 18.9 Å². The molecule has 0 bridgehead atoms. The minimum atomic E-state index is -2.63. The van der Waals surface area contributed by atoms with Gasteiger partial charge in [0.05, 0.1) is 0 Å². The SMILES string of the molecule is N[C@@H](CC(F)F)c1cc(F)ccc1F. The standard InChI is InChI=1S/C9H9F4N/c10-5-1-2-7(11)6(3-5)8(14)4-9(12)13/h1-3,8-9H,4,14H2/t8-/m0/s1. The van der Waals surface area contributed by atoms with Gasteiger partial charge in [-0.3, -0.25) is 0 Å². The second kappa shape index (κ2) is 4.41. The molecule has 0 aliphatic carbocycles. The van der Waals surface area contributed by atoms with E-state index in [1.807, 2.05) is 0 Å².